The van der Waals surface area contributed by atoms with Crippen molar-refractivity contribution >= 4 is 35.4 Å². The molecule has 4 aromatic rings. The Labute approximate surface area is 297 Å². The standard InChI is InChI=1S/C35H37ClF3N7O5/c1-3-49-31(47)27-19-34(21-45(27)33(48)50-20-23-7-5-4-6-8-23)12-15-44(16-13-34)28-18-29(42-32(40)41-28)51-30(35(37,38)39)25-10-9-24(36)17-26(25)46-14-11-22(2)43-46/h4-11,14,17-18,27,30H,3,12-13,15-16,19-21H2,1-2H3,(H2,40,41,42)/t27-,30-/m1/s1. The number of piperidine rings is 1. The Kier molecular flexibility index (Phi) is 10.3. The summed E-state index contributed by atoms with van der Waals surface area (Å²) in [6.45, 7) is 4.76. The molecule has 6 rings (SSSR count). The van der Waals surface area contributed by atoms with Gasteiger partial charge >= 0.3 is 18.2 Å². The van der Waals surface area contributed by atoms with E-state index in [1.165, 1.54) is 40.0 Å². The highest BCUT2D eigenvalue weighted by molar-refractivity contribution is 6.30. The van der Waals surface area contributed by atoms with Gasteiger partial charge < -0.3 is 24.8 Å². The van der Waals surface area contributed by atoms with Crippen molar-refractivity contribution in [3.8, 4) is 11.6 Å². The van der Waals surface area contributed by atoms with Crippen molar-refractivity contribution in [1.82, 2.24) is 24.6 Å². The average molecular weight is 728 g/mol. The van der Waals surface area contributed by atoms with Crippen LogP contribution in [0.3, 0.4) is 0 Å². The number of hydrogen-bond donors (Lipinski definition) is 1. The molecule has 2 fully saturated rings. The van der Waals surface area contributed by atoms with Gasteiger partial charge in [0.05, 0.1) is 18.0 Å². The summed E-state index contributed by atoms with van der Waals surface area (Å²) in [5.41, 5.74) is 6.87. The maximum Gasteiger partial charge on any atom is 0.429 e. The highest BCUT2D eigenvalue weighted by Crippen LogP contribution is 2.45. The van der Waals surface area contributed by atoms with Gasteiger partial charge in [0.1, 0.15) is 18.5 Å². The number of carbonyl (C=O) groups excluding carboxylic acids is 2. The third kappa shape index (κ3) is 8.14. The van der Waals surface area contributed by atoms with Gasteiger partial charge in [-0.05, 0) is 62.3 Å². The van der Waals surface area contributed by atoms with Crippen LogP contribution in [0.4, 0.5) is 29.7 Å². The number of rotatable bonds is 9. The number of ether oxygens (including phenoxy) is 3. The van der Waals surface area contributed by atoms with Crippen LogP contribution in [0, 0.1) is 12.3 Å². The minimum atomic E-state index is -4.85. The van der Waals surface area contributed by atoms with Gasteiger partial charge in [0.25, 0.3) is 0 Å². The number of alkyl halides is 3. The van der Waals surface area contributed by atoms with Crippen molar-refractivity contribution in [3.05, 3.63) is 88.7 Å². The lowest BCUT2D eigenvalue weighted by molar-refractivity contribution is -0.198. The molecule has 51 heavy (non-hydrogen) atoms. The van der Waals surface area contributed by atoms with Gasteiger partial charge in [-0.3, -0.25) is 4.90 Å². The smallest absolute Gasteiger partial charge is 0.429 e. The van der Waals surface area contributed by atoms with E-state index in [1.807, 2.05) is 35.2 Å². The van der Waals surface area contributed by atoms with Crippen LogP contribution in [-0.2, 0) is 20.9 Å². The van der Waals surface area contributed by atoms with Gasteiger partial charge in [0.15, 0.2) is 0 Å². The molecule has 2 N–H and O–H groups in total. The third-order valence-corrected chi connectivity index (χ3v) is 9.38. The molecule has 0 saturated carbocycles. The number of esters is 1. The summed E-state index contributed by atoms with van der Waals surface area (Å²) in [6.07, 6.45) is -4.88. The number of nitrogen functional groups attached to an aromatic ring is 1. The molecule has 2 aromatic heterocycles. The molecule has 1 spiro atoms. The van der Waals surface area contributed by atoms with E-state index in [1.54, 1.807) is 19.9 Å². The summed E-state index contributed by atoms with van der Waals surface area (Å²) in [6, 6.07) is 15.4. The number of carbonyl (C=O) groups is 2. The first-order valence-electron chi connectivity index (χ1n) is 16.4. The second-order valence-electron chi connectivity index (χ2n) is 12.7. The molecule has 2 saturated heterocycles. The maximum absolute atomic E-state index is 14.6. The van der Waals surface area contributed by atoms with Crippen molar-refractivity contribution in [1.29, 1.82) is 0 Å². The molecule has 2 atom stereocenters. The lowest BCUT2D eigenvalue weighted by Crippen LogP contribution is -2.43. The predicted molar refractivity (Wildman–Crippen MR) is 181 cm³/mol. The van der Waals surface area contributed by atoms with Gasteiger partial charge in [0.2, 0.25) is 17.9 Å². The molecule has 0 bridgehead atoms. The number of halogens is 4. The quantitative estimate of drug-likeness (QED) is 0.192. The molecule has 12 nitrogen and oxygen atoms in total. The van der Waals surface area contributed by atoms with Crippen LogP contribution < -0.4 is 15.4 Å². The Hall–Kier alpha value is -5.05. The van der Waals surface area contributed by atoms with Gasteiger partial charge in [0, 0.05) is 42.5 Å². The van der Waals surface area contributed by atoms with E-state index in [4.69, 9.17) is 31.5 Å². The number of nitrogens with zero attached hydrogens (tertiary/aromatic N) is 6. The minimum absolute atomic E-state index is 0.0590. The molecule has 2 aliphatic heterocycles. The SMILES string of the molecule is CCOC(=O)[C@H]1CC2(CCN(c3cc(O[C@H](c4ccc(Cl)cc4-n4ccc(C)n4)C(F)(F)F)nc(N)n3)CC2)CN1C(=O)OCc1ccccc1. The van der Waals surface area contributed by atoms with Gasteiger partial charge in [-0.25, -0.2) is 14.3 Å². The molecule has 16 heteroatoms. The van der Waals surface area contributed by atoms with Gasteiger partial charge in [-0.2, -0.15) is 28.2 Å². The number of amides is 1. The number of hydrogen-bond acceptors (Lipinski definition) is 10. The van der Waals surface area contributed by atoms with Crippen molar-refractivity contribution in [3.63, 3.8) is 0 Å². The van der Waals surface area contributed by atoms with E-state index < -0.39 is 35.8 Å². The summed E-state index contributed by atoms with van der Waals surface area (Å²) in [4.78, 5) is 37.8. The first kappa shape index (κ1) is 35.8. The first-order chi connectivity index (χ1) is 24.3. The number of aromatic nitrogens is 4. The number of aryl methyl sites for hydroxylation is 1. The second-order valence-corrected chi connectivity index (χ2v) is 13.1. The van der Waals surface area contributed by atoms with Crippen molar-refractivity contribution in [2.24, 2.45) is 5.41 Å². The predicted octanol–water partition coefficient (Wildman–Crippen LogP) is 6.45. The van der Waals surface area contributed by atoms with Crippen LogP contribution >= 0.6 is 11.6 Å². The first-order valence-corrected chi connectivity index (χ1v) is 16.8. The maximum atomic E-state index is 14.6. The minimum Gasteiger partial charge on any atom is -0.464 e. The van der Waals surface area contributed by atoms with Crippen LogP contribution in [-0.4, -0.2) is 75.2 Å². The Morgan fingerprint density at radius 1 is 1.06 bits per heavy atom. The van der Waals surface area contributed by atoms with Crippen LogP contribution in [0.5, 0.6) is 5.88 Å². The largest absolute Gasteiger partial charge is 0.464 e. The number of likely N-dealkylation sites (tertiary alicyclic amines) is 1. The topological polar surface area (TPSA) is 138 Å². The number of benzene rings is 2. The summed E-state index contributed by atoms with van der Waals surface area (Å²) >= 11 is 6.17. The zero-order chi connectivity index (χ0) is 36.3. The lowest BCUT2D eigenvalue weighted by Gasteiger charge is -2.39. The third-order valence-electron chi connectivity index (χ3n) is 9.14. The number of nitrogens with two attached hydrogens (primary N) is 1. The Bertz CT molecular complexity index is 1870. The molecule has 4 heterocycles. The Morgan fingerprint density at radius 2 is 1.80 bits per heavy atom. The summed E-state index contributed by atoms with van der Waals surface area (Å²) < 4.78 is 61.7. The highest BCUT2D eigenvalue weighted by atomic mass is 35.5. The fraction of sp³-hybridized carbons (Fsp3) is 0.400. The molecule has 0 unspecified atom stereocenters. The van der Waals surface area contributed by atoms with Crippen molar-refractivity contribution in [2.45, 2.75) is 58.0 Å². The van der Waals surface area contributed by atoms with Crippen LogP contribution in [0.2, 0.25) is 5.02 Å². The van der Waals surface area contributed by atoms with Gasteiger partial charge in [-0.15, -0.1) is 0 Å². The lowest BCUT2D eigenvalue weighted by atomic mass is 9.76. The molecule has 2 aliphatic rings. The second kappa shape index (κ2) is 14.7. The van der Waals surface area contributed by atoms with Crippen LogP contribution in [0.25, 0.3) is 5.69 Å². The molecule has 0 radical (unpaired) electrons. The zero-order valence-corrected chi connectivity index (χ0v) is 28.7. The molecule has 1 amide bonds. The molecule has 270 valence electrons. The number of anilines is 2. The molecular formula is C35H37ClF3N7O5. The summed E-state index contributed by atoms with van der Waals surface area (Å²) in [7, 11) is 0. The fourth-order valence-corrected chi connectivity index (χ4v) is 6.80. The van der Waals surface area contributed by atoms with Crippen LogP contribution in [0.1, 0.15) is 49.1 Å². The molecule has 2 aromatic carbocycles. The Balaban J connectivity index is 1.19. The van der Waals surface area contributed by atoms with Crippen molar-refractivity contribution < 1.29 is 37.0 Å². The zero-order valence-electron chi connectivity index (χ0n) is 28.0. The van der Waals surface area contributed by atoms with E-state index in [2.05, 4.69) is 15.1 Å². The van der Waals surface area contributed by atoms with E-state index in [-0.39, 0.29) is 53.7 Å². The molecular weight excluding hydrogens is 691 g/mol. The summed E-state index contributed by atoms with van der Waals surface area (Å²) in [5, 5.41) is 4.49. The normalized spacial score (nSPS) is 17.7. The fourth-order valence-electron chi connectivity index (χ4n) is 6.64. The average Bonchev–Trinajstić information content (AvgIpc) is 3.70. The van der Waals surface area contributed by atoms with Crippen LogP contribution in [0.15, 0.2) is 66.9 Å². The van der Waals surface area contributed by atoms with E-state index in [0.717, 1.165) is 5.56 Å². The van der Waals surface area contributed by atoms with E-state index >= 15 is 0 Å². The highest BCUT2D eigenvalue weighted by Gasteiger charge is 2.51. The van der Waals surface area contributed by atoms with E-state index in [0.29, 0.717) is 38.0 Å². The van der Waals surface area contributed by atoms with Crippen molar-refractivity contribution in [2.75, 3.05) is 36.9 Å². The molecule has 0 aliphatic carbocycles. The Morgan fingerprint density at radius 3 is 2.47 bits per heavy atom. The monoisotopic (exact) mass is 727 g/mol. The summed E-state index contributed by atoms with van der Waals surface area (Å²) in [5.74, 6) is -0.845. The van der Waals surface area contributed by atoms with E-state index in [9.17, 15) is 22.8 Å². The van der Waals surface area contributed by atoms with Gasteiger partial charge in [-0.1, -0.05) is 48.0 Å².